The van der Waals surface area contributed by atoms with Gasteiger partial charge in [-0.05, 0) is 153 Å². The Labute approximate surface area is 387 Å². The van der Waals surface area contributed by atoms with Gasteiger partial charge in [0.1, 0.15) is 12.2 Å². The summed E-state index contributed by atoms with van der Waals surface area (Å²) in [5.74, 6) is -7.74. The van der Waals surface area contributed by atoms with Crippen molar-refractivity contribution in [2.45, 2.75) is 134 Å². The van der Waals surface area contributed by atoms with Crippen LogP contribution in [0.15, 0.2) is 33.4 Å². The number of esters is 4. The number of carbonyl (C=O) groups is 6. The van der Waals surface area contributed by atoms with Gasteiger partial charge in [-0.1, -0.05) is 6.92 Å². The molecule has 0 amide bonds. The summed E-state index contributed by atoms with van der Waals surface area (Å²) in [5, 5.41) is 30.2. The van der Waals surface area contributed by atoms with Crippen LogP contribution in [0.5, 0.6) is 0 Å². The van der Waals surface area contributed by atoms with E-state index in [-0.39, 0.29) is 103 Å². The summed E-state index contributed by atoms with van der Waals surface area (Å²) in [4.78, 5) is 78.6. The van der Waals surface area contributed by atoms with Gasteiger partial charge in [-0.15, -0.1) is 0 Å². The standard InChI is InChI=1S/C51H60O16/c1-15-19(38-31-22-8-17(29(31)37(15)62-38)11-28(22)50(60)67-51(3,4)5)12-23-25(40-32-21-9-18(30(32)39(23)63-40)10-27(21)48(58)61-7-6-52)14-26-24(13-20-16(2)47(57)66-49(20)59)41-33-34(42(26)64-41)44-36(46(55)56)35(45(53)54)43(33)65-44/h16-18,20-22,27-44,52H,6-14H2,1-5H3,(H,53,54)(H,55,56). The van der Waals surface area contributed by atoms with Crippen LogP contribution in [0.4, 0.5) is 0 Å². The second kappa shape index (κ2) is 14.6. The van der Waals surface area contributed by atoms with Crippen molar-refractivity contribution in [2.75, 3.05) is 13.2 Å². The van der Waals surface area contributed by atoms with Crippen LogP contribution in [0.3, 0.4) is 0 Å². The van der Waals surface area contributed by atoms with E-state index in [0.29, 0.717) is 31.1 Å². The van der Waals surface area contributed by atoms with Gasteiger partial charge in [-0.2, -0.15) is 0 Å². The van der Waals surface area contributed by atoms with Crippen LogP contribution in [0.25, 0.3) is 0 Å². The average Bonchev–Trinajstić information content (AvgIpc) is 4.10. The molecule has 12 bridgehead atoms. The van der Waals surface area contributed by atoms with E-state index in [1.54, 1.807) is 6.92 Å². The van der Waals surface area contributed by atoms with Gasteiger partial charge in [-0.25, -0.2) is 0 Å². The van der Waals surface area contributed by atoms with Crippen LogP contribution in [0.1, 0.15) is 79.6 Å². The molecular formula is C51H60O16. The minimum absolute atomic E-state index is 0.0141. The number of carbonyl (C=O) groups excluding carboxylic acids is 4. The number of fused-ring (bicyclic) bond motifs is 27. The summed E-state index contributed by atoms with van der Waals surface area (Å²) in [6.07, 6.45) is 0.856. The Morgan fingerprint density at radius 3 is 1.67 bits per heavy atom. The summed E-state index contributed by atoms with van der Waals surface area (Å²) in [6.45, 7) is 9.32. The number of cyclic esters (lactones) is 2. The van der Waals surface area contributed by atoms with Gasteiger partial charge in [-0.3, -0.25) is 28.8 Å². The van der Waals surface area contributed by atoms with Gasteiger partial charge in [0.05, 0.1) is 90.9 Å². The fourth-order valence-electron chi connectivity index (χ4n) is 17.8. The van der Waals surface area contributed by atoms with Crippen molar-refractivity contribution in [3.05, 3.63) is 33.4 Å². The first-order valence-electron chi connectivity index (χ1n) is 24.9. The van der Waals surface area contributed by atoms with E-state index in [4.69, 9.17) is 33.2 Å². The third kappa shape index (κ3) is 5.76. The summed E-state index contributed by atoms with van der Waals surface area (Å²) in [7, 11) is 0. The molecule has 0 aromatic heterocycles. The maximum Gasteiger partial charge on any atom is 0.317 e. The molecule has 0 aromatic carbocycles. The lowest BCUT2D eigenvalue weighted by Gasteiger charge is -2.40. The van der Waals surface area contributed by atoms with Crippen LogP contribution >= 0.6 is 0 Å². The van der Waals surface area contributed by atoms with Crippen molar-refractivity contribution in [1.29, 1.82) is 0 Å². The second-order valence-electron chi connectivity index (χ2n) is 23.6. The Kier molecular flexibility index (Phi) is 9.36. The topological polar surface area (TPSA) is 228 Å². The molecule has 24 unspecified atom stereocenters. The molecule has 24 atom stereocenters. The van der Waals surface area contributed by atoms with Gasteiger partial charge >= 0.3 is 35.8 Å². The van der Waals surface area contributed by atoms with Crippen molar-refractivity contribution in [2.24, 2.45) is 94.7 Å². The fourth-order valence-corrected chi connectivity index (χ4v) is 17.8. The quantitative estimate of drug-likeness (QED) is 0.109. The highest BCUT2D eigenvalue weighted by molar-refractivity contribution is 5.96. The van der Waals surface area contributed by atoms with E-state index in [1.807, 2.05) is 20.8 Å². The van der Waals surface area contributed by atoms with E-state index in [0.717, 1.165) is 36.0 Å². The lowest BCUT2D eigenvalue weighted by molar-refractivity contribution is -0.163. The molecule has 0 aromatic rings. The SMILES string of the molecule is CC1=C(CC2=C(CC3=C(CC4C(=O)OC(=O)C4C)C4OC3C3C5OC(C(C(=O)O)C5C(=O)O)C43)C3OC2C2C4CC(C(=O)OCCO)C(C4)C32)C2OC1C1C3CC(C(=O)OC(C)(C)C)C(C3)C21. The first-order chi connectivity index (χ1) is 31.9. The Morgan fingerprint density at radius 1 is 0.627 bits per heavy atom. The van der Waals surface area contributed by atoms with Crippen molar-refractivity contribution in [1.82, 2.24) is 0 Å². The smallest absolute Gasteiger partial charge is 0.317 e. The van der Waals surface area contributed by atoms with Crippen LogP contribution in [0.2, 0.25) is 0 Å². The Morgan fingerprint density at radius 2 is 1.12 bits per heavy atom. The predicted molar refractivity (Wildman–Crippen MR) is 225 cm³/mol. The average molecular weight is 929 g/mol. The van der Waals surface area contributed by atoms with E-state index in [2.05, 4.69) is 6.92 Å². The summed E-state index contributed by atoms with van der Waals surface area (Å²) in [6, 6.07) is 0. The van der Waals surface area contributed by atoms with Gasteiger partial charge < -0.3 is 48.5 Å². The molecule has 4 aliphatic carbocycles. The number of ether oxygens (including phenoxy) is 7. The molecule has 67 heavy (non-hydrogen) atoms. The van der Waals surface area contributed by atoms with Gasteiger partial charge in [0.15, 0.2) is 0 Å². The number of aliphatic carboxylic acids is 2. The van der Waals surface area contributed by atoms with Gasteiger partial charge in [0.25, 0.3) is 0 Å². The molecule has 10 fully saturated rings. The predicted octanol–water partition coefficient (Wildman–Crippen LogP) is 3.81. The molecular weight excluding hydrogens is 869 g/mol. The third-order valence-electron chi connectivity index (χ3n) is 19.9. The highest BCUT2D eigenvalue weighted by Gasteiger charge is 2.74. The maximum atomic E-state index is 13.6. The molecule has 4 saturated carbocycles. The normalized spacial score (nSPS) is 49.5. The zero-order valence-electron chi connectivity index (χ0n) is 38.4. The van der Waals surface area contributed by atoms with Gasteiger partial charge in [0.2, 0.25) is 0 Å². The number of hydrogen-bond acceptors (Lipinski definition) is 14. The second-order valence-corrected chi connectivity index (χ2v) is 23.6. The van der Waals surface area contributed by atoms with E-state index in [9.17, 15) is 44.1 Å². The van der Waals surface area contributed by atoms with Crippen LogP contribution in [-0.4, -0.2) is 119 Å². The van der Waals surface area contributed by atoms with Crippen molar-refractivity contribution >= 4 is 35.8 Å². The Hall–Kier alpha value is -3.96. The molecule has 16 nitrogen and oxygen atoms in total. The minimum Gasteiger partial charge on any atom is -0.481 e. The molecule has 9 heterocycles. The highest BCUT2D eigenvalue weighted by atomic mass is 16.6. The number of rotatable bonds is 12. The van der Waals surface area contributed by atoms with E-state index in [1.165, 1.54) is 16.7 Å². The zero-order chi connectivity index (χ0) is 46.6. The lowest BCUT2D eigenvalue weighted by Crippen LogP contribution is -2.50. The van der Waals surface area contributed by atoms with E-state index < -0.39 is 89.4 Å². The first kappa shape index (κ1) is 43.1. The molecule has 13 aliphatic rings. The number of carboxylic acids is 2. The number of hydrogen-bond donors (Lipinski definition) is 3. The number of aliphatic hydroxyl groups is 1. The summed E-state index contributed by atoms with van der Waals surface area (Å²) in [5.41, 5.74) is 5.95. The number of aliphatic hydroxyl groups excluding tert-OH is 1. The molecule has 9 aliphatic heterocycles. The first-order valence-corrected chi connectivity index (χ1v) is 24.9. The Balaban J connectivity index is 0.888. The third-order valence-corrected chi connectivity index (χ3v) is 19.9. The summed E-state index contributed by atoms with van der Waals surface area (Å²) < 4.78 is 44.0. The van der Waals surface area contributed by atoms with E-state index >= 15 is 0 Å². The zero-order valence-corrected chi connectivity index (χ0v) is 38.4. The Bertz CT molecular complexity index is 2390. The molecule has 0 spiro atoms. The minimum atomic E-state index is -1.26. The van der Waals surface area contributed by atoms with Crippen molar-refractivity contribution in [3.8, 4) is 0 Å². The highest BCUT2D eigenvalue weighted by Crippen LogP contribution is 2.70. The molecule has 16 heteroatoms. The van der Waals surface area contributed by atoms with Crippen LogP contribution in [0, 0.1) is 94.7 Å². The molecule has 360 valence electrons. The van der Waals surface area contributed by atoms with Crippen LogP contribution < -0.4 is 0 Å². The largest absolute Gasteiger partial charge is 0.481 e. The van der Waals surface area contributed by atoms with Gasteiger partial charge in [0, 0.05) is 11.8 Å². The monoisotopic (exact) mass is 928 g/mol. The summed E-state index contributed by atoms with van der Waals surface area (Å²) >= 11 is 0. The van der Waals surface area contributed by atoms with Crippen LogP contribution in [-0.2, 0) is 61.9 Å². The molecule has 3 N–H and O–H groups in total. The molecule has 0 radical (unpaired) electrons. The molecule has 6 saturated heterocycles. The molecule has 13 rings (SSSR count). The van der Waals surface area contributed by atoms with Crippen molar-refractivity contribution in [3.63, 3.8) is 0 Å². The fraction of sp³-hybridized carbons (Fsp3) is 0.765. The van der Waals surface area contributed by atoms with Crippen molar-refractivity contribution < 1.29 is 77.2 Å². The number of carboxylic acid groups (broad SMARTS) is 2. The maximum absolute atomic E-state index is 13.6. The lowest BCUT2D eigenvalue weighted by atomic mass is 9.60.